The number of nitrogens with one attached hydrogen (secondary N) is 1. The number of fused-ring (bicyclic) bond motifs is 1. The summed E-state index contributed by atoms with van der Waals surface area (Å²) in [5.41, 5.74) is 7.49. The average Bonchev–Trinajstić information content (AvgIpc) is 3.30. The molecule has 11 heteroatoms. The molecule has 194 valence electrons. The maximum absolute atomic E-state index is 12.5. The molecule has 0 aromatic carbocycles. The smallest absolute Gasteiger partial charge is 0.404 e. The maximum atomic E-state index is 12.5. The van der Waals surface area contributed by atoms with Gasteiger partial charge in [-0.25, -0.2) is 14.3 Å². The third-order valence-electron chi connectivity index (χ3n) is 6.62. The van der Waals surface area contributed by atoms with Gasteiger partial charge in [-0.3, -0.25) is 4.79 Å². The van der Waals surface area contributed by atoms with Crippen LogP contribution in [-0.2, 0) is 9.53 Å². The first-order valence-electron chi connectivity index (χ1n) is 12.2. The third-order valence-corrected chi connectivity index (χ3v) is 6.62. The van der Waals surface area contributed by atoms with Crippen LogP contribution in [0.4, 0.5) is 10.6 Å². The van der Waals surface area contributed by atoms with Crippen molar-refractivity contribution in [2.24, 2.45) is 11.7 Å². The van der Waals surface area contributed by atoms with Gasteiger partial charge in [0.15, 0.2) is 0 Å². The normalized spacial score (nSPS) is 15.6. The summed E-state index contributed by atoms with van der Waals surface area (Å²) in [6.45, 7) is 7.55. The minimum Gasteiger partial charge on any atom is -0.492 e. The van der Waals surface area contributed by atoms with E-state index in [2.05, 4.69) is 21.4 Å². The Kier molecular flexibility index (Phi) is 7.47. The van der Waals surface area contributed by atoms with Crippen LogP contribution in [-0.4, -0.2) is 58.4 Å². The molecule has 3 N–H and O–H groups in total. The van der Waals surface area contributed by atoms with Crippen LogP contribution in [0.1, 0.15) is 39.2 Å². The number of hydrogen-bond acceptors (Lipinski definition) is 8. The van der Waals surface area contributed by atoms with E-state index in [4.69, 9.17) is 20.2 Å². The number of carbonyl (C=O) groups is 2. The number of aromatic nitrogens is 3. The Bertz CT molecular complexity index is 1320. The van der Waals surface area contributed by atoms with Crippen LogP contribution in [0.2, 0.25) is 0 Å². The fourth-order valence-corrected chi connectivity index (χ4v) is 4.43. The number of piperidine rings is 1. The lowest BCUT2D eigenvalue weighted by Gasteiger charge is -2.41. The lowest BCUT2D eigenvalue weighted by Crippen LogP contribution is -2.55. The molecule has 0 unspecified atom stereocenters. The van der Waals surface area contributed by atoms with E-state index in [0.717, 1.165) is 42.9 Å². The van der Waals surface area contributed by atoms with Crippen LogP contribution in [0.5, 0.6) is 5.75 Å². The number of amides is 2. The summed E-state index contributed by atoms with van der Waals surface area (Å²) in [4.78, 5) is 30.2. The van der Waals surface area contributed by atoms with Gasteiger partial charge in [-0.05, 0) is 44.9 Å². The molecule has 0 aliphatic carbocycles. The Labute approximate surface area is 215 Å². The Morgan fingerprint density at radius 2 is 2.05 bits per heavy atom. The molecule has 11 nitrogen and oxygen atoms in total. The van der Waals surface area contributed by atoms with Crippen molar-refractivity contribution in [3.05, 3.63) is 42.4 Å². The Morgan fingerprint density at radius 1 is 1.30 bits per heavy atom. The summed E-state index contributed by atoms with van der Waals surface area (Å²) in [5, 5.41) is 16.9. The number of rotatable bonds is 8. The van der Waals surface area contributed by atoms with E-state index >= 15 is 0 Å². The molecule has 0 bridgehead atoms. The Hall–Kier alpha value is -4.33. The van der Waals surface area contributed by atoms with Crippen LogP contribution in [0, 0.1) is 17.2 Å². The first-order chi connectivity index (χ1) is 17.7. The van der Waals surface area contributed by atoms with Crippen LogP contribution >= 0.6 is 0 Å². The van der Waals surface area contributed by atoms with Gasteiger partial charge in [0.25, 0.3) is 0 Å². The number of ether oxygens (including phenoxy) is 2. The van der Waals surface area contributed by atoms with E-state index in [1.54, 1.807) is 30.0 Å². The lowest BCUT2D eigenvalue weighted by molar-refractivity contribution is -0.127. The van der Waals surface area contributed by atoms with E-state index in [1.165, 1.54) is 0 Å². The minimum absolute atomic E-state index is 0.0470. The number of nitriles is 1. The summed E-state index contributed by atoms with van der Waals surface area (Å²) in [7, 11) is 0. The molecule has 1 aliphatic rings. The van der Waals surface area contributed by atoms with Crippen LogP contribution in [0.25, 0.3) is 16.6 Å². The van der Waals surface area contributed by atoms with Gasteiger partial charge < -0.3 is 25.4 Å². The van der Waals surface area contributed by atoms with Gasteiger partial charge in [0.1, 0.15) is 24.2 Å². The molecule has 2 amide bonds. The molecule has 1 fully saturated rings. The first-order valence-corrected chi connectivity index (χ1v) is 12.2. The number of nitrogens with two attached hydrogens (primary N) is 1. The van der Waals surface area contributed by atoms with Gasteiger partial charge in [0.2, 0.25) is 5.91 Å². The second-order valence-electron chi connectivity index (χ2n) is 9.46. The molecular formula is C26H31N7O4. The van der Waals surface area contributed by atoms with E-state index in [-0.39, 0.29) is 18.1 Å². The van der Waals surface area contributed by atoms with Gasteiger partial charge in [-0.15, -0.1) is 0 Å². The van der Waals surface area contributed by atoms with Gasteiger partial charge in [-0.2, -0.15) is 10.4 Å². The monoisotopic (exact) mass is 505 g/mol. The van der Waals surface area contributed by atoms with Crippen molar-refractivity contribution in [1.82, 2.24) is 19.9 Å². The second-order valence-corrected chi connectivity index (χ2v) is 9.46. The molecule has 3 aromatic rings. The fourth-order valence-electron chi connectivity index (χ4n) is 4.43. The van der Waals surface area contributed by atoms with Gasteiger partial charge in [-0.1, -0.05) is 6.92 Å². The second kappa shape index (κ2) is 10.7. The van der Waals surface area contributed by atoms with Gasteiger partial charge >= 0.3 is 6.09 Å². The van der Waals surface area contributed by atoms with Crippen LogP contribution in [0.3, 0.4) is 0 Å². The highest BCUT2D eigenvalue weighted by atomic mass is 16.5. The Balaban J connectivity index is 1.45. The highest BCUT2D eigenvalue weighted by molar-refractivity contribution is 5.85. The average molecular weight is 506 g/mol. The largest absolute Gasteiger partial charge is 0.492 e. The van der Waals surface area contributed by atoms with Crippen molar-refractivity contribution in [2.75, 3.05) is 31.2 Å². The predicted octanol–water partition coefficient (Wildman–Crippen LogP) is 2.87. The van der Waals surface area contributed by atoms with Crippen molar-refractivity contribution < 1.29 is 19.1 Å². The first kappa shape index (κ1) is 25.8. The van der Waals surface area contributed by atoms with Crippen molar-refractivity contribution >= 4 is 23.3 Å². The molecule has 3 aromatic heterocycles. The summed E-state index contributed by atoms with van der Waals surface area (Å²) in [6, 6.07) is 8.06. The van der Waals surface area contributed by atoms with E-state index in [9.17, 15) is 14.9 Å². The predicted molar refractivity (Wildman–Crippen MR) is 137 cm³/mol. The van der Waals surface area contributed by atoms with E-state index in [1.807, 2.05) is 32.0 Å². The summed E-state index contributed by atoms with van der Waals surface area (Å²) < 4.78 is 12.1. The molecule has 1 atom stereocenters. The summed E-state index contributed by atoms with van der Waals surface area (Å²) in [5.74, 6) is 0.847. The van der Waals surface area contributed by atoms with Crippen molar-refractivity contribution in [1.29, 1.82) is 5.26 Å². The number of hydrogen-bond donors (Lipinski definition) is 2. The lowest BCUT2D eigenvalue weighted by atomic mass is 9.89. The number of anilines is 1. The highest BCUT2D eigenvalue weighted by Gasteiger charge is 2.33. The van der Waals surface area contributed by atoms with E-state index < -0.39 is 12.0 Å². The topological polar surface area (TPSA) is 148 Å². The van der Waals surface area contributed by atoms with Crippen molar-refractivity contribution in [3.63, 3.8) is 0 Å². The SMILES string of the molecule is CCOc1cc(-c2ccc(N3CCC(C)(NC(=O)[C@@H](C)COC(N)=O)CC3)nc2)c2c(C#N)cnn2c1. The summed E-state index contributed by atoms with van der Waals surface area (Å²) in [6.07, 6.45) is 5.70. The third kappa shape index (κ3) is 5.74. The molecule has 4 rings (SSSR count). The van der Waals surface area contributed by atoms with Crippen LogP contribution < -0.4 is 20.7 Å². The zero-order valence-corrected chi connectivity index (χ0v) is 21.2. The fraction of sp³-hybridized carbons (Fsp3) is 0.423. The van der Waals surface area contributed by atoms with Gasteiger partial charge in [0, 0.05) is 36.0 Å². The van der Waals surface area contributed by atoms with Crippen molar-refractivity contribution in [3.8, 4) is 22.9 Å². The highest BCUT2D eigenvalue weighted by Crippen LogP contribution is 2.32. The van der Waals surface area contributed by atoms with Crippen molar-refractivity contribution in [2.45, 2.75) is 39.2 Å². The quantitative estimate of drug-likeness (QED) is 0.475. The molecule has 4 heterocycles. The summed E-state index contributed by atoms with van der Waals surface area (Å²) >= 11 is 0. The minimum atomic E-state index is -0.889. The molecule has 1 saturated heterocycles. The molecule has 37 heavy (non-hydrogen) atoms. The number of nitrogens with zero attached hydrogens (tertiary/aromatic N) is 5. The maximum Gasteiger partial charge on any atom is 0.404 e. The molecule has 0 saturated carbocycles. The Morgan fingerprint density at radius 3 is 2.68 bits per heavy atom. The number of pyridine rings is 2. The number of carbonyl (C=O) groups excluding carboxylic acids is 2. The molecule has 1 aliphatic heterocycles. The molecular weight excluding hydrogens is 474 g/mol. The molecule has 0 spiro atoms. The zero-order valence-electron chi connectivity index (χ0n) is 21.2. The number of primary amides is 1. The standard InChI is InChI=1S/C26H31N7O4/c1-4-36-20-11-21(23-19(12-27)14-30-33(23)15-20)18-5-6-22(29-13-18)32-9-7-26(3,8-10-32)31-24(34)17(2)16-37-25(28)35/h5-6,11,13-15,17H,4,7-10,16H2,1-3H3,(H2,28,35)(H,31,34)/t17-/m0/s1. The molecule has 0 radical (unpaired) electrons. The van der Waals surface area contributed by atoms with Crippen LogP contribution in [0.15, 0.2) is 36.8 Å². The van der Waals surface area contributed by atoms with E-state index in [0.29, 0.717) is 23.4 Å². The zero-order chi connectivity index (χ0) is 26.6. The van der Waals surface area contributed by atoms with Gasteiger partial charge in [0.05, 0.1) is 36.0 Å².